The van der Waals surface area contributed by atoms with Crippen molar-refractivity contribution < 1.29 is 0 Å². The molecular formula is C20H30N2. The summed E-state index contributed by atoms with van der Waals surface area (Å²) in [5.41, 5.74) is 2.95. The number of benzene rings is 1. The van der Waals surface area contributed by atoms with Gasteiger partial charge in [0.1, 0.15) is 0 Å². The summed E-state index contributed by atoms with van der Waals surface area (Å²) >= 11 is 0. The molecule has 2 unspecified atom stereocenters. The van der Waals surface area contributed by atoms with Gasteiger partial charge in [-0.25, -0.2) is 0 Å². The Hall–Kier alpha value is -1.02. The van der Waals surface area contributed by atoms with Gasteiger partial charge in [0.15, 0.2) is 0 Å². The van der Waals surface area contributed by atoms with Gasteiger partial charge in [-0.2, -0.15) is 0 Å². The molecule has 120 valence electrons. The van der Waals surface area contributed by atoms with Gasteiger partial charge < -0.3 is 9.80 Å². The van der Waals surface area contributed by atoms with E-state index in [1.165, 1.54) is 76.0 Å². The molecule has 1 aromatic carbocycles. The van der Waals surface area contributed by atoms with E-state index in [0.717, 1.165) is 17.9 Å². The van der Waals surface area contributed by atoms with Gasteiger partial charge in [-0.3, -0.25) is 0 Å². The summed E-state index contributed by atoms with van der Waals surface area (Å²) < 4.78 is 0. The molecule has 1 aromatic rings. The first-order valence-electron chi connectivity index (χ1n) is 9.37. The maximum absolute atomic E-state index is 2.65. The molecule has 2 nitrogen and oxygen atoms in total. The van der Waals surface area contributed by atoms with Crippen LogP contribution >= 0.6 is 0 Å². The van der Waals surface area contributed by atoms with Crippen molar-refractivity contribution in [1.82, 2.24) is 4.90 Å². The van der Waals surface area contributed by atoms with Crippen molar-refractivity contribution in [1.29, 1.82) is 0 Å². The van der Waals surface area contributed by atoms with Crippen molar-refractivity contribution in [3.63, 3.8) is 0 Å². The van der Waals surface area contributed by atoms with Crippen LogP contribution in [-0.2, 0) is 6.42 Å². The fourth-order valence-corrected chi connectivity index (χ4v) is 4.92. The fraction of sp³-hybridized carbons (Fsp3) is 0.700. The molecule has 3 atom stereocenters. The third kappa shape index (κ3) is 2.90. The van der Waals surface area contributed by atoms with Crippen LogP contribution in [0.4, 0.5) is 5.69 Å². The number of likely N-dealkylation sites (tertiary alicyclic amines) is 1. The molecule has 2 aliphatic heterocycles. The lowest BCUT2D eigenvalue weighted by molar-refractivity contribution is 0.272. The lowest BCUT2D eigenvalue weighted by Gasteiger charge is -2.22. The Bertz CT molecular complexity index is 483. The first-order chi connectivity index (χ1) is 10.8. The van der Waals surface area contributed by atoms with E-state index in [1.54, 1.807) is 0 Å². The number of hydrogen-bond donors (Lipinski definition) is 0. The van der Waals surface area contributed by atoms with Crippen molar-refractivity contribution in [2.45, 2.75) is 51.5 Å². The largest absolute Gasteiger partial charge is 0.371 e. The van der Waals surface area contributed by atoms with Crippen LogP contribution in [0.1, 0.15) is 44.6 Å². The molecule has 2 heterocycles. The van der Waals surface area contributed by atoms with Crippen LogP contribution in [-0.4, -0.2) is 37.1 Å². The SMILES string of the molecule is C[C@@H]1CCCN1CCc1ccc(N2CC3CCCC3C2)cc1. The summed E-state index contributed by atoms with van der Waals surface area (Å²) in [7, 11) is 0. The molecule has 3 aliphatic rings. The van der Waals surface area contributed by atoms with E-state index >= 15 is 0 Å². The highest BCUT2D eigenvalue weighted by atomic mass is 15.2. The molecule has 4 rings (SSSR count). The Morgan fingerprint density at radius 3 is 2.32 bits per heavy atom. The highest BCUT2D eigenvalue weighted by Crippen LogP contribution is 2.39. The molecule has 22 heavy (non-hydrogen) atoms. The van der Waals surface area contributed by atoms with Gasteiger partial charge in [-0.1, -0.05) is 18.6 Å². The molecule has 0 spiro atoms. The predicted molar refractivity (Wildman–Crippen MR) is 93.5 cm³/mol. The molecule has 3 fully saturated rings. The number of rotatable bonds is 4. The van der Waals surface area contributed by atoms with E-state index in [9.17, 15) is 0 Å². The zero-order chi connectivity index (χ0) is 14.9. The topological polar surface area (TPSA) is 6.48 Å². The first kappa shape index (κ1) is 14.6. The second-order valence-electron chi connectivity index (χ2n) is 7.80. The van der Waals surface area contributed by atoms with Crippen LogP contribution in [0, 0.1) is 11.8 Å². The van der Waals surface area contributed by atoms with Crippen molar-refractivity contribution in [2.75, 3.05) is 31.1 Å². The minimum atomic E-state index is 0.795. The Kier molecular flexibility index (Phi) is 4.13. The van der Waals surface area contributed by atoms with Gasteiger partial charge in [0.05, 0.1) is 0 Å². The van der Waals surface area contributed by atoms with Crippen LogP contribution in [0.15, 0.2) is 24.3 Å². The molecule has 0 aromatic heterocycles. The fourth-order valence-electron chi connectivity index (χ4n) is 4.92. The second-order valence-corrected chi connectivity index (χ2v) is 7.80. The highest BCUT2D eigenvalue weighted by molar-refractivity contribution is 5.49. The van der Waals surface area contributed by atoms with Crippen LogP contribution in [0.5, 0.6) is 0 Å². The lowest BCUT2D eigenvalue weighted by Crippen LogP contribution is -2.28. The summed E-state index contributed by atoms with van der Waals surface area (Å²) in [6.07, 6.45) is 8.38. The van der Waals surface area contributed by atoms with Crippen molar-refractivity contribution in [2.24, 2.45) is 11.8 Å². The van der Waals surface area contributed by atoms with Crippen LogP contribution < -0.4 is 4.90 Å². The van der Waals surface area contributed by atoms with Crippen molar-refractivity contribution in [3.05, 3.63) is 29.8 Å². The van der Waals surface area contributed by atoms with Crippen LogP contribution in [0.2, 0.25) is 0 Å². The van der Waals surface area contributed by atoms with E-state index in [-0.39, 0.29) is 0 Å². The van der Waals surface area contributed by atoms with E-state index in [4.69, 9.17) is 0 Å². The van der Waals surface area contributed by atoms with Crippen molar-refractivity contribution >= 4 is 5.69 Å². The molecular weight excluding hydrogens is 268 g/mol. The molecule has 2 heteroatoms. The van der Waals surface area contributed by atoms with Crippen LogP contribution in [0.25, 0.3) is 0 Å². The number of anilines is 1. The standard InChI is InChI=1S/C20H30N2/c1-16-4-3-12-21(16)13-11-17-7-9-20(10-8-17)22-14-18-5-2-6-19(18)15-22/h7-10,16,18-19H,2-6,11-15H2,1H3/t16-,18?,19?/m1/s1. The van der Waals surface area contributed by atoms with Gasteiger partial charge >= 0.3 is 0 Å². The summed E-state index contributed by atoms with van der Waals surface area (Å²) in [4.78, 5) is 5.27. The van der Waals surface area contributed by atoms with E-state index < -0.39 is 0 Å². The Balaban J connectivity index is 1.33. The Labute approximate surface area is 135 Å². The molecule has 0 N–H and O–H groups in total. The number of fused-ring (bicyclic) bond motifs is 1. The van der Waals surface area contributed by atoms with Gasteiger partial charge in [-0.05, 0) is 75.1 Å². The van der Waals surface area contributed by atoms with Gasteiger partial charge in [0.2, 0.25) is 0 Å². The summed E-state index contributed by atoms with van der Waals surface area (Å²) in [6.45, 7) is 7.51. The van der Waals surface area contributed by atoms with Gasteiger partial charge in [0.25, 0.3) is 0 Å². The average molecular weight is 298 g/mol. The third-order valence-corrected chi connectivity index (χ3v) is 6.41. The van der Waals surface area contributed by atoms with E-state index in [2.05, 4.69) is 41.0 Å². The molecule has 1 aliphatic carbocycles. The number of hydrogen-bond acceptors (Lipinski definition) is 2. The van der Waals surface area contributed by atoms with Gasteiger partial charge in [-0.15, -0.1) is 0 Å². The lowest BCUT2D eigenvalue weighted by atomic mass is 10.0. The van der Waals surface area contributed by atoms with Gasteiger partial charge in [0, 0.05) is 31.4 Å². The molecule has 0 bridgehead atoms. The molecule has 1 saturated carbocycles. The van der Waals surface area contributed by atoms with E-state index in [1.807, 2.05) is 0 Å². The minimum Gasteiger partial charge on any atom is -0.371 e. The Morgan fingerprint density at radius 2 is 1.68 bits per heavy atom. The molecule has 0 amide bonds. The highest BCUT2D eigenvalue weighted by Gasteiger charge is 2.35. The zero-order valence-corrected chi connectivity index (χ0v) is 14.0. The second kappa shape index (κ2) is 6.23. The van der Waals surface area contributed by atoms with E-state index in [0.29, 0.717) is 0 Å². The smallest absolute Gasteiger partial charge is 0.0366 e. The summed E-state index contributed by atoms with van der Waals surface area (Å²) in [5, 5.41) is 0. The minimum absolute atomic E-state index is 0.795. The maximum atomic E-state index is 2.65. The molecule has 2 saturated heterocycles. The monoisotopic (exact) mass is 298 g/mol. The molecule has 0 radical (unpaired) electrons. The average Bonchev–Trinajstić information content (AvgIpc) is 3.21. The van der Waals surface area contributed by atoms with Crippen LogP contribution in [0.3, 0.4) is 0 Å². The van der Waals surface area contributed by atoms with Crippen molar-refractivity contribution in [3.8, 4) is 0 Å². The predicted octanol–water partition coefficient (Wildman–Crippen LogP) is 3.95. The summed E-state index contributed by atoms with van der Waals surface area (Å²) in [5.74, 6) is 1.97. The number of nitrogens with zero attached hydrogens (tertiary/aromatic N) is 2. The normalized spacial score (nSPS) is 31.9. The Morgan fingerprint density at radius 1 is 0.955 bits per heavy atom. The third-order valence-electron chi connectivity index (χ3n) is 6.41. The zero-order valence-electron chi connectivity index (χ0n) is 14.0. The first-order valence-corrected chi connectivity index (χ1v) is 9.37. The maximum Gasteiger partial charge on any atom is 0.0366 e. The quantitative estimate of drug-likeness (QED) is 0.830. The summed E-state index contributed by atoms with van der Waals surface area (Å²) in [6, 6.07) is 10.3.